The molecule has 7 nitrogen and oxygen atoms in total. The summed E-state index contributed by atoms with van der Waals surface area (Å²) in [5, 5.41) is 5.63. The maximum Gasteiger partial charge on any atom is 0.408 e. The van der Waals surface area contributed by atoms with E-state index in [9.17, 15) is 14.4 Å². The van der Waals surface area contributed by atoms with Crippen molar-refractivity contribution in [1.82, 2.24) is 15.5 Å². The van der Waals surface area contributed by atoms with Crippen LogP contribution >= 0.6 is 0 Å². The van der Waals surface area contributed by atoms with Crippen molar-refractivity contribution in [2.24, 2.45) is 0 Å². The van der Waals surface area contributed by atoms with Crippen molar-refractivity contribution in [3.8, 4) is 0 Å². The Labute approximate surface area is 186 Å². The van der Waals surface area contributed by atoms with E-state index in [4.69, 9.17) is 4.74 Å². The summed E-state index contributed by atoms with van der Waals surface area (Å²) in [6, 6.07) is 7.28. The quantitative estimate of drug-likeness (QED) is 0.611. The predicted octanol–water partition coefficient (Wildman–Crippen LogP) is 4.18. The zero-order valence-corrected chi connectivity index (χ0v) is 20.2. The summed E-state index contributed by atoms with van der Waals surface area (Å²) in [6.07, 6.45) is 1.12. The standard InChI is InChI=1S/C24H39N3O4/c1-9-13-17(4)25-21(28)20(19-14-11-10-12-15-19)27(16(2)3)22(29)18(5)26-23(30)31-24(6,7)8/h10-12,14-18,20H,9,13H2,1-8H3,(H,25,28)(H,26,30). The van der Waals surface area contributed by atoms with Gasteiger partial charge in [0.1, 0.15) is 17.7 Å². The molecular weight excluding hydrogens is 394 g/mol. The third kappa shape index (κ3) is 8.59. The fourth-order valence-electron chi connectivity index (χ4n) is 3.35. The number of nitrogens with one attached hydrogen (secondary N) is 2. The van der Waals surface area contributed by atoms with Gasteiger partial charge in [0.15, 0.2) is 0 Å². The lowest BCUT2D eigenvalue weighted by Crippen LogP contribution is -2.54. The average Bonchev–Trinajstić information content (AvgIpc) is 2.64. The fourth-order valence-corrected chi connectivity index (χ4v) is 3.35. The lowest BCUT2D eigenvalue weighted by molar-refractivity contribution is -0.144. The SMILES string of the molecule is CCCC(C)NC(=O)C(c1ccccc1)N(C(=O)C(C)NC(=O)OC(C)(C)C)C(C)C. The molecule has 3 unspecified atom stereocenters. The first-order chi connectivity index (χ1) is 14.4. The topological polar surface area (TPSA) is 87.7 Å². The van der Waals surface area contributed by atoms with Crippen molar-refractivity contribution in [2.75, 3.05) is 0 Å². The Bertz CT molecular complexity index is 728. The van der Waals surface area contributed by atoms with Crippen LogP contribution in [0.2, 0.25) is 0 Å². The highest BCUT2D eigenvalue weighted by Gasteiger charge is 2.36. The first-order valence-electron chi connectivity index (χ1n) is 11.0. The Balaban J connectivity index is 3.19. The van der Waals surface area contributed by atoms with Crippen LogP contribution in [0.15, 0.2) is 30.3 Å². The molecule has 0 heterocycles. The third-order valence-electron chi connectivity index (χ3n) is 4.67. The average molecular weight is 434 g/mol. The summed E-state index contributed by atoms with van der Waals surface area (Å²) in [4.78, 5) is 40.4. The largest absolute Gasteiger partial charge is 0.444 e. The minimum atomic E-state index is -0.857. The second kappa shape index (κ2) is 11.7. The smallest absolute Gasteiger partial charge is 0.408 e. The molecule has 0 aliphatic rings. The number of rotatable bonds is 9. The van der Waals surface area contributed by atoms with Gasteiger partial charge in [-0.25, -0.2) is 4.79 Å². The van der Waals surface area contributed by atoms with Crippen molar-refractivity contribution < 1.29 is 19.1 Å². The molecule has 0 aliphatic carbocycles. The van der Waals surface area contributed by atoms with E-state index in [1.165, 1.54) is 4.90 Å². The highest BCUT2D eigenvalue weighted by Crippen LogP contribution is 2.25. The van der Waals surface area contributed by atoms with Crippen LogP contribution in [-0.4, -0.2) is 46.5 Å². The molecule has 2 N–H and O–H groups in total. The number of carbonyl (C=O) groups excluding carboxylic acids is 3. The van der Waals surface area contributed by atoms with Crippen LogP contribution in [0.25, 0.3) is 0 Å². The van der Waals surface area contributed by atoms with E-state index in [0.29, 0.717) is 0 Å². The summed E-state index contributed by atoms with van der Waals surface area (Å²) in [5.41, 5.74) is 0.0436. The number of hydrogen-bond acceptors (Lipinski definition) is 4. The van der Waals surface area contributed by atoms with Gasteiger partial charge in [-0.3, -0.25) is 9.59 Å². The number of benzene rings is 1. The fraction of sp³-hybridized carbons (Fsp3) is 0.625. The van der Waals surface area contributed by atoms with Crippen LogP contribution in [0.1, 0.15) is 79.8 Å². The van der Waals surface area contributed by atoms with Gasteiger partial charge in [0.05, 0.1) is 0 Å². The van der Waals surface area contributed by atoms with Gasteiger partial charge >= 0.3 is 6.09 Å². The minimum absolute atomic E-state index is 0.00913. The zero-order valence-electron chi connectivity index (χ0n) is 20.2. The molecule has 1 aromatic rings. The van der Waals surface area contributed by atoms with E-state index in [1.807, 2.05) is 51.1 Å². The van der Waals surface area contributed by atoms with Gasteiger partial charge in [0, 0.05) is 12.1 Å². The van der Waals surface area contributed by atoms with E-state index in [1.54, 1.807) is 27.7 Å². The zero-order chi connectivity index (χ0) is 23.8. The number of alkyl carbamates (subject to hydrolysis) is 1. The molecule has 0 fully saturated rings. The van der Waals surface area contributed by atoms with E-state index < -0.39 is 23.8 Å². The van der Waals surface area contributed by atoms with E-state index >= 15 is 0 Å². The monoisotopic (exact) mass is 433 g/mol. The van der Waals surface area contributed by atoms with Gasteiger partial charge in [-0.15, -0.1) is 0 Å². The Hall–Kier alpha value is -2.57. The Morgan fingerprint density at radius 2 is 1.58 bits per heavy atom. The molecule has 7 heteroatoms. The maximum absolute atomic E-state index is 13.4. The summed E-state index contributed by atoms with van der Waals surface area (Å²) in [5.74, 6) is -0.591. The molecule has 3 atom stereocenters. The number of ether oxygens (including phenoxy) is 1. The van der Waals surface area contributed by atoms with Gasteiger partial charge in [-0.2, -0.15) is 0 Å². The first kappa shape index (κ1) is 26.5. The molecule has 0 radical (unpaired) electrons. The molecule has 1 aromatic carbocycles. The van der Waals surface area contributed by atoms with Gasteiger partial charge in [-0.05, 0) is 60.5 Å². The minimum Gasteiger partial charge on any atom is -0.444 e. The molecule has 1 rings (SSSR count). The van der Waals surface area contributed by atoms with Crippen LogP contribution in [-0.2, 0) is 14.3 Å². The van der Waals surface area contributed by atoms with Crippen LogP contribution < -0.4 is 10.6 Å². The van der Waals surface area contributed by atoms with Gasteiger partial charge in [-0.1, -0.05) is 43.7 Å². The molecule has 0 saturated carbocycles. The molecule has 0 bridgehead atoms. The first-order valence-corrected chi connectivity index (χ1v) is 11.0. The van der Waals surface area contributed by atoms with Crippen molar-refractivity contribution in [1.29, 1.82) is 0 Å². The molecule has 0 spiro atoms. The van der Waals surface area contributed by atoms with Crippen LogP contribution in [0, 0.1) is 0 Å². The van der Waals surface area contributed by atoms with E-state index in [-0.39, 0.29) is 23.9 Å². The molecule has 31 heavy (non-hydrogen) atoms. The molecule has 174 valence electrons. The molecule has 0 saturated heterocycles. The van der Waals surface area contributed by atoms with Gasteiger partial charge in [0.25, 0.3) is 0 Å². The van der Waals surface area contributed by atoms with E-state index in [2.05, 4.69) is 17.6 Å². The Morgan fingerprint density at radius 1 is 1.00 bits per heavy atom. The highest BCUT2D eigenvalue weighted by atomic mass is 16.6. The number of nitrogens with zero attached hydrogens (tertiary/aromatic N) is 1. The van der Waals surface area contributed by atoms with Crippen molar-refractivity contribution in [2.45, 2.75) is 98.0 Å². The summed E-state index contributed by atoms with van der Waals surface area (Å²) in [7, 11) is 0. The molecule has 0 aliphatic heterocycles. The predicted molar refractivity (Wildman–Crippen MR) is 123 cm³/mol. The van der Waals surface area contributed by atoms with Crippen molar-refractivity contribution in [3.05, 3.63) is 35.9 Å². The molecular formula is C24H39N3O4. The van der Waals surface area contributed by atoms with Gasteiger partial charge in [0.2, 0.25) is 11.8 Å². The lowest BCUT2D eigenvalue weighted by Gasteiger charge is -2.37. The summed E-state index contributed by atoms with van der Waals surface area (Å²) < 4.78 is 5.27. The highest BCUT2D eigenvalue weighted by molar-refractivity contribution is 5.92. The number of carbonyl (C=O) groups is 3. The molecule has 3 amide bonds. The second-order valence-corrected chi connectivity index (χ2v) is 9.22. The van der Waals surface area contributed by atoms with Crippen molar-refractivity contribution in [3.63, 3.8) is 0 Å². The lowest BCUT2D eigenvalue weighted by atomic mass is 10.0. The maximum atomic E-state index is 13.4. The molecule has 0 aromatic heterocycles. The normalized spacial score (nSPS) is 14.4. The summed E-state index contributed by atoms with van der Waals surface area (Å²) >= 11 is 0. The van der Waals surface area contributed by atoms with Crippen LogP contribution in [0.5, 0.6) is 0 Å². The number of hydrogen-bond donors (Lipinski definition) is 2. The Kier molecular flexibility index (Phi) is 10.0. The Morgan fingerprint density at radius 3 is 2.06 bits per heavy atom. The number of amides is 3. The summed E-state index contributed by atoms with van der Waals surface area (Å²) in [6.45, 7) is 14.6. The third-order valence-corrected chi connectivity index (χ3v) is 4.67. The van der Waals surface area contributed by atoms with Crippen LogP contribution in [0.4, 0.5) is 4.79 Å². The van der Waals surface area contributed by atoms with Crippen LogP contribution in [0.3, 0.4) is 0 Å². The second-order valence-electron chi connectivity index (χ2n) is 9.22. The van der Waals surface area contributed by atoms with Gasteiger partial charge < -0.3 is 20.3 Å². The van der Waals surface area contributed by atoms with E-state index in [0.717, 1.165) is 18.4 Å². The van der Waals surface area contributed by atoms with Crippen molar-refractivity contribution >= 4 is 17.9 Å².